The molecule has 0 aromatic heterocycles. The number of amides is 4. The highest BCUT2D eigenvalue weighted by atomic mass is 35.5. The number of nitrogens with two attached hydrogens (primary N) is 1. The Labute approximate surface area is 236 Å². The molecular weight excluding hydrogens is 551 g/mol. The molecule has 3 N–H and O–H groups in total. The van der Waals surface area contributed by atoms with Gasteiger partial charge in [0.05, 0.1) is 10.0 Å². The van der Waals surface area contributed by atoms with Crippen LogP contribution in [0.2, 0.25) is 10.0 Å². The van der Waals surface area contributed by atoms with Gasteiger partial charge in [-0.25, -0.2) is 0 Å². The second kappa shape index (κ2) is 12.4. The molecule has 0 saturated carbocycles. The number of nitrogens with zero attached hydrogens (tertiary/aromatic N) is 2. The van der Waals surface area contributed by atoms with E-state index in [1.807, 2.05) is 23.1 Å². The summed E-state index contributed by atoms with van der Waals surface area (Å²) < 4.78 is 0. The molecule has 0 bridgehead atoms. The molecule has 2 aliphatic rings. The Hall–Kier alpha value is -2.81. The lowest BCUT2D eigenvalue weighted by Gasteiger charge is -2.41. The molecule has 2 aromatic carbocycles. The predicted octanol–water partition coefficient (Wildman–Crippen LogP) is 3.57. The van der Waals surface area contributed by atoms with Crippen LogP contribution in [0, 0.1) is 5.92 Å². The molecule has 2 aliphatic heterocycles. The van der Waals surface area contributed by atoms with Gasteiger partial charge < -0.3 is 20.9 Å². The number of carbonyl (C=O) groups is 4. The average Bonchev–Trinajstić information content (AvgIpc) is 2.94. The average molecular weight is 580 g/mol. The van der Waals surface area contributed by atoms with Gasteiger partial charge in [-0.15, -0.1) is 11.6 Å². The molecule has 0 aliphatic carbocycles. The van der Waals surface area contributed by atoms with Crippen molar-refractivity contribution in [2.45, 2.75) is 37.1 Å². The number of primary amides is 1. The first kappa shape index (κ1) is 28.2. The predicted molar refractivity (Wildman–Crippen MR) is 146 cm³/mol. The van der Waals surface area contributed by atoms with Gasteiger partial charge in [0.15, 0.2) is 0 Å². The minimum absolute atomic E-state index is 0.00248. The van der Waals surface area contributed by atoms with Crippen LogP contribution in [0.15, 0.2) is 42.5 Å². The molecule has 4 amide bonds. The molecule has 8 nitrogen and oxygen atoms in total. The number of piperidine rings is 2. The van der Waals surface area contributed by atoms with Gasteiger partial charge in [-0.2, -0.15) is 0 Å². The highest BCUT2D eigenvalue weighted by molar-refractivity contribution is 6.42. The van der Waals surface area contributed by atoms with Crippen LogP contribution in [0.25, 0.3) is 0 Å². The van der Waals surface area contributed by atoms with Crippen molar-refractivity contribution in [2.24, 2.45) is 11.7 Å². The van der Waals surface area contributed by atoms with Crippen molar-refractivity contribution in [3.05, 3.63) is 69.2 Å². The summed E-state index contributed by atoms with van der Waals surface area (Å²) in [5, 5.41) is 3.98. The number of hydrogen-bond donors (Lipinski definition) is 2. The van der Waals surface area contributed by atoms with Crippen LogP contribution < -0.4 is 11.1 Å². The normalized spacial score (nSPS) is 20.2. The van der Waals surface area contributed by atoms with Crippen LogP contribution in [0.1, 0.15) is 46.7 Å². The molecule has 2 saturated heterocycles. The molecule has 4 rings (SSSR count). The first-order valence-electron chi connectivity index (χ1n) is 12.5. The highest BCUT2D eigenvalue weighted by Gasteiger charge is 2.37. The topological polar surface area (TPSA) is 113 Å². The Morgan fingerprint density at radius 2 is 1.55 bits per heavy atom. The lowest BCUT2D eigenvalue weighted by Crippen LogP contribution is -2.53. The van der Waals surface area contributed by atoms with E-state index in [1.54, 1.807) is 24.3 Å². The molecule has 38 heavy (non-hydrogen) atoms. The van der Waals surface area contributed by atoms with Crippen molar-refractivity contribution in [3.63, 3.8) is 0 Å². The molecule has 2 aromatic rings. The third-order valence-electron chi connectivity index (χ3n) is 7.33. The molecular formula is C27H29Cl3N4O4. The van der Waals surface area contributed by atoms with Crippen LogP contribution in [0.3, 0.4) is 0 Å². The summed E-state index contributed by atoms with van der Waals surface area (Å²) in [7, 11) is 0. The molecule has 202 valence electrons. The zero-order chi connectivity index (χ0) is 27.4. The van der Waals surface area contributed by atoms with E-state index in [0.29, 0.717) is 66.9 Å². The van der Waals surface area contributed by atoms with E-state index in [-0.39, 0.29) is 29.7 Å². The Morgan fingerprint density at radius 3 is 2.16 bits per heavy atom. The standard InChI is InChI=1S/C27H29Cl3N4O4/c28-14-16-1-3-17(4-2-16)25(36)32-23-9-12-34(15-20(23)19-5-6-21(29)22(30)13-19)26(37)18-7-10-33(11-8-18)27(38)24(31)35/h1-6,13,18,20,23H,7-12,14-15H2,(H2,31,35)(H,32,36). The number of hydrogen-bond acceptors (Lipinski definition) is 4. The van der Waals surface area contributed by atoms with Gasteiger partial charge in [-0.05, 0) is 54.7 Å². The van der Waals surface area contributed by atoms with Crippen LogP contribution in [-0.2, 0) is 20.3 Å². The first-order chi connectivity index (χ1) is 18.2. The summed E-state index contributed by atoms with van der Waals surface area (Å²) in [6.45, 7) is 1.49. The van der Waals surface area contributed by atoms with Crippen molar-refractivity contribution < 1.29 is 19.2 Å². The smallest absolute Gasteiger partial charge is 0.311 e. The number of carbonyl (C=O) groups excluding carboxylic acids is 4. The highest BCUT2D eigenvalue weighted by Crippen LogP contribution is 2.33. The third kappa shape index (κ3) is 6.42. The van der Waals surface area contributed by atoms with Crippen molar-refractivity contribution in [2.75, 3.05) is 26.2 Å². The zero-order valence-electron chi connectivity index (χ0n) is 20.7. The zero-order valence-corrected chi connectivity index (χ0v) is 22.9. The Kier molecular flexibility index (Phi) is 9.18. The number of alkyl halides is 1. The second-order valence-corrected chi connectivity index (χ2v) is 10.8. The largest absolute Gasteiger partial charge is 0.361 e. The van der Waals surface area contributed by atoms with Gasteiger partial charge in [-0.3, -0.25) is 19.2 Å². The summed E-state index contributed by atoms with van der Waals surface area (Å²) in [6.07, 6.45) is 1.48. The molecule has 11 heteroatoms. The molecule has 0 spiro atoms. The van der Waals surface area contributed by atoms with Gasteiger partial charge in [0, 0.05) is 55.5 Å². The summed E-state index contributed by atoms with van der Waals surface area (Å²) in [5.74, 6) is -2.00. The minimum atomic E-state index is -0.988. The lowest BCUT2D eigenvalue weighted by molar-refractivity contribution is -0.147. The second-order valence-electron chi connectivity index (χ2n) is 9.69. The molecule has 2 atom stereocenters. The fourth-order valence-electron chi connectivity index (χ4n) is 5.15. The van der Waals surface area contributed by atoms with Gasteiger partial charge in [0.2, 0.25) is 5.91 Å². The van der Waals surface area contributed by atoms with Crippen molar-refractivity contribution in [1.29, 1.82) is 0 Å². The van der Waals surface area contributed by atoms with E-state index in [9.17, 15) is 19.2 Å². The Bertz CT molecular complexity index is 1220. The van der Waals surface area contributed by atoms with E-state index in [0.717, 1.165) is 11.1 Å². The van der Waals surface area contributed by atoms with Crippen molar-refractivity contribution in [1.82, 2.24) is 15.1 Å². The Balaban J connectivity index is 1.48. The van der Waals surface area contributed by atoms with E-state index in [2.05, 4.69) is 5.32 Å². The molecule has 2 fully saturated rings. The monoisotopic (exact) mass is 578 g/mol. The lowest BCUT2D eigenvalue weighted by atomic mass is 9.84. The van der Waals surface area contributed by atoms with Gasteiger partial charge >= 0.3 is 11.8 Å². The van der Waals surface area contributed by atoms with Gasteiger partial charge in [-0.1, -0.05) is 41.4 Å². The van der Waals surface area contributed by atoms with Crippen LogP contribution >= 0.6 is 34.8 Å². The first-order valence-corrected chi connectivity index (χ1v) is 13.7. The number of halogens is 3. The van der Waals surface area contributed by atoms with Gasteiger partial charge in [0.25, 0.3) is 5.91 Å². The molecule has 2 heterocycles. The number of rotatable bonds is 5. The van der Waals surface area contributed by atoms with E-state index in [1.165, 1.54) is 4.90 Å². The minimum Gasteiger partial charge on any atom is -0.361 e. The summed E-state index contributed by atoms with van der Waals surface area (Å²) in [6, 6.07) is 12.3. The Morgan fingerprint density at radius 1 is 0.895 bits per heavy atom. The summed E-state index contributed by atoms with van der Waals surface area (Å²) in [5.41, 5.74) is 7.44. The SMILES string of the molecule is NC(=O)C(=O)N1CCC(C(=O)N2CCC(NC(=O)c3ccc(CCl)cc3)C(c3ccc(Cl)c(Cl)c3)C2)CC1. The van der Waals surface area contributed by atoms with Crippen LogP contribution in [-0.4, -0.2) is 65.6 Å². The van der Waals surface area contributed by atoms with Gasteiger partial charge in [0.1, 0.15) is 0 Å². The van der Waals surface area contributed by atoms with Crippen LogP contribution in [0.5, 0.6) is 0 Å². The number of benzene rings is 2. The van der Waals surface area contributed by atoms with E-state index in [4.69, 9.17) is 40.5 Å². The fourth-order valence-corrected chi connectivity index (χ4v) is 5.63. The maximum atomic E-state index is 13.5. The fraction of sp³-hybridized carbons (Fsp3) is 0.407. The van der Waals surface area contributed by atoms with E-state index >= 15 is 0 Å². The van der Waals surface area contributed by atoms with Crippen molar-refractivity contribution in [3.8, 4) is 0 Å². The van der Waals surface area contributed by atoms with Crippen molar-refractivity contribution >= 4 is 58.4 Å². The summed E-state index contributed by atoms with van der Waals surface area (Å²) in [4.78, 5) is 52.8. The third-order valence-corrected chi connectivity index (χ3v) is 8.37. The molecule has 0 radical (unpaired) electrons. The maximum absolute atomic E-state index is 13.5. The van der Waals surface area contributed by atoms with Crippen LogP contribution in [0.4, 0.5) is 0 Å². The van der Waals surface area contributed by atoms with E-state index < -0.39 is 11.8 Å². The summed E-state index contributed by atoms with van der Waals surface area (Å²) >= 11 is 18.3. The number of likely N-dealkylation sites (tertiary alicyclic amines) is 2. The number of nitrogens with one attached hydrogen (secondary N) is 1. The maximum Gasteiger partial charge on any atom is 0.311 e. The molecule has 2 unspecified atom stereocenters. The quantitative estimate of drug-likeness (QED) is 0.417.